The number of benzene rings is 1. The Labute approximate surface area is 104 Å². The highest BCUT2D eigenvalue weighted by molar-refractivity contribution is 5.17. The Hall–Kier alpha value is -0.830. The normalized spacial score (nSPS) is 11.9. The first-order valence-corrected chi connectivity index (χ1v) is 4.93. The fourth-order valence-corrected chi connectivity index (χ4v) is 1.49. The molecule has 92 valence electrons. The van der Waals surface area contributed by atoms with Crippen molar-refractivity contribution in [2.75, 3.05) is 0 Å². The number of quaternary nitrogens is 1. The Bertz CT molecular complexity index is 293. The van der Waals surface area contributed by atoms with Gasteiger partial charge in [0, 0.05) is 5.92 Å². The molecule has 1 aromatic carbocycles. The topological polar surface area (TPSA) is 56.7 Å². The van der Waals surface area contributed by atoms with Gasteiger partial charge in [0.25, 0.3) is 0 Å². The third-order valence-corrected chi connectivity index (χ3v) is 2.49. The molecule has 0 radical (unpaired) electrons. The van der Waals surface area contributed by atoms with E-state index in [1.54, 1.807) is 0 Å². The average Bonchev–Trinajstić information content (AvgIpc) is 2.14. The molecule has 0 heterocycles. The molecular formula is C13H22ClNO. The van der Waals surface area contributed by atoms with Gasteiger partial charge in [-0.2, -0.15) is 0 Å². The van der Waals surface area contributed by atoms with Crippen LogP contribution in [0.1, 0.15) is 19.4 Å². The highest BCUT2D eigenvalue weighted by atomic mass is 35.5. The largest absolute Gasteiger partial charge is 1.00 e. The minimum absolute atomic E-state index is 0. The van der Waals surface area contributed by atoms with Crippen LogP contribution in [0.4, 0.5) is 0 Å². The Morgan fingerprint density at radius 2 is 1.81 bits per heavy atom. The van der Waals surface area contributed by atoms with Crippen molar-refractivity contribution in [2.45, 2.75) is 25.9 Å². The summed E-state index contributed by atoms with van der Waals surface area (Å²) in [6.45, 7) is 7.41. The van der Waals surface area contributed by atoms with E-state index < -0.39 is 5.60 Å². The van der Waals surface area contributed by atoms with E-state index in [-0.39, 0.29) is 24.5 Å². The van der Waals surface area contributed by atoms with Crippen LogP contribution >= 0.6 is 0 Å². The van der Waals surface area contributed by atoms with Gasteiger partial charge >= 0.3 is 0 Å². The minimum atomic E-state index is -0.697. The molecule has 1 aromatic rings. The molecule has 0 spiro atoms. The van der Waals surface area contributed by atoms with Crippen molar-refractivity contribution in [1.82, 2.24) is 6.15 Å². The van der Waals surface area contributed by atoms with Gasteiger partial charge < -0.3 is 23.7 Å². The maximum Gasteiger partial charge on any atom is 0.0657 e. The molecule has 16 heavy (non-hydrogen) atoms. The van der Waals surface area contributed by atoms with Crippen LogP contribution in [0.2, 0.25) is 0 Å². The molecular weight excluding hydrogens is 222 g/mol. The summed E-state index contributed by atoms with van der Waals surface area (Å²) in [5.74, 6) is 0.102. The molecule has 0 saturated heterocycles. The van der Waals surface area contributed by atoms with E-state index in [4.69, 9.17) is 0 Å². The maximum atomic E-state index is 9.87. The number of hydrogen-bond acceptors (Lipinski definition) is 1. The summed E-state index contributed by atoms with van der Waals surface area (Å²) in [5.41, 5.74) is 0.539. The zero-order chi connectivity index (χ0) is 10.6. The van der Waals surface area contributed by atoms with Gasteiger partial charge in [-0.25, -0.2) is 0 Å². The van der Waals surface area contributed by atoms with Crippen molar-refractivity contribution in [3.05, 3.63) is 48.6 Å². The standard InChI is InChI=1S/C13H18O.ClH.H3N/c1-4-12(13(2,3)14)10-11-8-6-5-7-9-11;;/h4-9,12,14H,1,10H2,2-3H3;1H;1H3. The monoisotopic (exact) mass is 243 g/mol. The van der Waals surface area contributed by atoms with Crippen molar-refractivity contribution >= 4 is 0 Å². The fraction of sp³-hybridized carbons (Fsp3) is 0.385. The first-order chi connectivity index (χ1) is 6.54. The van der Waals surface area contributed by atoms with Crippen LogP contribution < -0.4 is 18.6 Å². The van der Waals surface area contributed by atoms with Crippen LogP contribution in [-0.2, 0) is 6.42 Å². The van der Waals surface area contributed by atoms with Crippen molar-refractivity contribution in [3.63, 3.8) is 0 Å². The van der Waals surface area contributed by atoms with Crippen LogP contribution in [0, 0.1) is 5.92 Å². The van der Waals surface area contributed by atoms with Crippen molar-refractivity contribution in [3.8, 4) is 0 Å². The van der Waals surface area contributed by atoms with Crippen LogP contribution in [0.3, 0.4) is 0 Å². The maximum absolute atomic E-state index is 9.87. The number of halogens is 1. The lowest BCUT2D eigenvalue weighted by Crippen LogP contribution is -3.00. The summed E-state index contributed by atoms with van der Waals surface area (Å²) < 4.78 is 0. The van der Waals surface area contributed by atoms with Gasteiger partial charge in [0.15, 0.2) is 0 Å². The van der Waals surface area contributed by atoms with Gasteiger partial charge in [-0.15, -0.1) is 6.58 Å². The Morgan fingerprint density at radius 1 is 1.31 bits per heavy atom. The lowest BCUT2D eigenvalue weighted by atomic mass is 9.86. The lowest BCUT2D eigenvalue weighted by Gasteiger charge is -2.26. The molecule has 0 aliphatic rings. The Balaban J connectivity index is 0. The predicted molar refractivity (Wildman–Crippen MR) is 66.1 cm³/mol. The van der Waals surface area contributed by atoms with Gasteiger partial charge in [-0.1, -0.05) is 36.4 Å². The molecule has 3 heteroatoms. The summed E-state index contributed by atoms with van der Waals surface area (Å²) in [7, 11) is 0. The molecule has 0 aliphatic heterocycles. The third kappa shape index (κ3) is 5.31. The molecule has 2 nitrogen and oxygen atoms in total. The van der Waals surface area contributed by atoms with Gasteiger partial charge in [0.05, 0.1) is 5.60 Å². The number of aliphatic hydroxyl groups is 1. The summed E-state index contributed by atoms with van der Waals surface area (Å²) in [6, 6.07) is 10.2. The summed E-state index contributed by atoms with van der Waals surface area (Å²) >= 11 is 0. The van der Waals surface area contributed by atoms with E-state index in [0.717, 1.165) is 6.42 Å². The quantitative estimate of drug-likeness (QED) is 0.729. The predicted octanol–water partition coefficient (Wildman–Crippen LogP) is 0.182. The van der Waals surface area contributed by atoms with Crippen LogP contribution in [-0.4, -0.2) is 10.7 Å². The second kappa shape index (κ2) is 7.44. The van der Waals surface area contributed by atoms with Crippen molar-refractivity contribution in [1.29, 1.82) is 0 Å². The first kappa shape index (κ1) is 17.6. The van der Waals surface area contributed by atoms with E-state index >= 15 is 0 Å². The average molecular weight is 244 g/mol. The van der Waals surface area contributed by atoms with E-state index in [0.29, 0.717) is 0 Å². The van der Waals surface area contributed by atoms with Gasteiger partial charge in [0.2, 0.25) is 0 Å². The van der Waals surface area contributed by atoms with Gasteiger partial charge in [-0.3, -0.25) is 0 Å². The van der Waals surface area contributed by atoms with Gasteiger partial charge in [0.1, 0.15) is 0 Å². The molecule has 0 bridgehead atoms. The lowest BCUT2D eigenvalue weighted by molar-refractivity contribution is -0.0000168. The van der Waals surface area contributed by atoms with E-state index in [1.165, 1.54) is 5.56 Å². The zero-order valence-electron chi connectivity index (χ0n) is 10.3. The zero-order valence-corrected chi connectivity index (χ0v) is 11.0. The molecule has 1 atom stereocenters. The first-order valence-electron chi connectivity index (χ1n) is 4.93. The molecule has 0 fully saturated rings. The summed E-state index contributed by atoms with van der Waals surface area (Å²) in [6.07, 6.45) is 2.67. The van der Waals surface area contributed by atoms with Crippen molar-refractivity contribution in [2.24, 2.45) is 5.92 Å². The van der Waals surface area contributed by atoms with Crippen LogP contribution in [0.5, 0.6) is 0 Å². The highest BCUT2D eigenvalue weighted by Crippen LogP contribution is 2.21. The smallest absolute Gasteiger partial charge is 0.0657 e. The SMILES string of the molecule is C=CC(Cc1ccccc1)C(C)(C)O.[Cl-].[NH4+]. The summed E-state index contributed by atoms with van der Waals surface area (Å²) in [4.78, 5) is 0. The molecule has 0 aliphatic carbocycles. The van der Waals surface area contributed by atoms with Crippen LogP contribution in [0.15, 0.2) is 43.0 Å². The number of hydrogen-bond donors (Lipinski definition) is 2. The molecule has 0 amide bonds. The molecule has 1 unspecified atom stereocenters. The Morgan fingerprint density at radius 3 is 2.19 bits per heavy atom. The number of rotatable bonds is 4. The van der Waals surface area contributed by atoms with Crippen LogP contribution in [0.25, 0.3) is 0 Å². The third-order valence-electron chi connectivity index (χ3n) is 2.49. The van der Waals surface area contributed by atoms with Gasteiger partial charge in [-0.05, 0) is 25.8 Å². The van der Waals surface area contributed by atoms with E-state index in [1.807, 2.05) is 38.1 Å². The Kier molecular flexibility index (Phi) is 8.17. The minimum Gasteiger partial charge on any atom is -1.00 e. The second-order valence-electron chi connectivity index (χ2n) is 4.19. The molecule has 5 N–H and O–H groups in total. The molecule has 0 saturated carbocycles. The second-order valence-corrected chi connectivity index (χ2v) is 4.19. The van der Waals surface area contributed by atoms with Crippen molar-refractivity contribution < 1.29 is 17.5 Å². The molecule has 0 aromatic heterocycles. The molecule has 1 rings (SSSR count). The van der Waals surface area contributed by atoms with E-state index in [2.05, 4.69) is 18.7 Å². The highest BCUT2D eigenvalue weighted by Gasteiger charge is 2.23. The fourth-order valence-electron chi connectivity index (χ4n) is 1.49. The van der Waals surface area contributed by atoms with E-state index in [9.17, 15) is 5.11 Å². The summed E-state index contributed by atoms with van der Waals surface area (Å²) in [5, 5.41) is 9.87.